The summed E-state index contributed by atoms with van der Waals surface area (Å²) in [7, 11) is 0. The number of amides is 1. The molecule has 0 spiro atoms. The number of carbonyl (C=O) groups is 1. The van der Waals surface area contributed by atoms with Gasteiger partial charge >= 0.3 is 0 Å². The number of hydrogen-bond acceptors (Lipinski definition) is 2. The number of carbonyl (C=O) groups excluding carboxylic acids is 1. The van der Waals surface area contributed by atoms with Gasteiger partial charge in [0.25, 0.3) is 0 Å². The minimum atomic E-state index is -0.134. The predicted molar refractivity (Wildman–Crippen MR) is 53.9 cm³/mol. The monoisotopic (exact) mass is 292 g/mol. The van der Waals surface area contributed by atoms with Crippen LogP contribution < -0.4 is 5.32 Å². The van der Waals surface area contributed by atoms with Crippen LogP contribution in [0.5, 0.6) is 0 Å². The minimum absolute atomic E-state index is 0.134. The van der Waals surface area contributed by atoms with Gasteiger partial charge in [0.15, 0.2) is 0 Å². The maximum absolute atomic E-state index is 10.7. The molecule has 0 unspecified atom stereocenters. The van der Waals surface area contributed by atoms with Crippen molar-refractivity contribution in [3.05, 3.63) is 21.2 Å². The number of nitrogens with zero attached hydrogens (tertiary/aromatic N) is 1. The highest BCUT2D eigenvalue weighted by molar-refractivity contribution is 9.11. The molecule has 64 valence electrons. The van der Waals surface area contributed by atoms with Crippen LogP contribution in [0, 0.1) is 0 Å². The summed E-state index contributed by atoms with van der Waals surface area (Å²) in [5.74, 6) is 0.399. The average molecular weight is 294 g/mol. The largest absolute Gasteiger partial charge is 0.310 e. The molecule has 1 N–H and O–H groups in total. The van der Waals surface area contributed by atoms with Gasteiger partial charge < -0.3 is 5.32 Å². The van der Waals surface area contributed by atoms with E-state index < -0.39 is 0 Å². The fourth-order valence-corrected chi connectivity index (χ4v) is 1.76. The molecular weight excluding hydrogens is 288 g/mol. The highest BCUT2D eigenvalue weighted by atomic mass is 79.9. The zero-order chi connectivity index (χ0) is 9.14. The summed E-state index contributed by atoms with van der Waals surface area (Å²) < 4.78 is 1.62. The molecule has 1 rings (SSSR count). The number of nitrogens with one attached hydrogen (secondary N) is 1. The van der Waals surface area contributed by atoms with E-state index in [0.717, 1.165) is 8.95 Å². The fourth-order valence-electron chi connectivity index (χ4n) is 0.673. The molecule has 0 bridgehead atoms. The number of anilines is 1. The molecule has 0 radical (unpaired) electrons. The molecule has 0 atom stereocenters. The first-order chi connectivity index (χ1) is 5.59. The first-order valence-electron chi connectivity index (χ1n) is 3.18. The lowest BCUT2D eigenvalue weighted by Crippen LogP contribution is -2.07. The van der Waals surface area contributed by atoms with E-state index in [-0.39, 0.29) is 5.91 Å². The van der Waals surface area contributed by atoms with Crippen molar-refractivity contribution >= 4 is 43.6 Å². The van der Waals surface area contributed by atoms with Crippen molar-refractivity contribution in [2.45, 2.75) is 6.92 Å². The van der Waals surface area contributed by atoms with Crippen LogP contribution in [0.25, 0.3) is 0 Å². The van der Waals surface area contributed by atoms with Gasteiger partial charge in [-0.25, -0.2) is 4.98 Å². The molecule has 0 saturated carbocycles. The first-order valence-corrected chi connectivity index (χ1v) is 4.77. The molecule has 5 heteroatoms. The van der Waals surface area contributed by atoms with Gasteiger partial charge in [-0.3, -0.25) is 4.79 Å². The van der Waals surface area contributed by atoms with Gasteiger partial charge in [0.2, 0.25) is 5.91 Å². The lowest BCUT2D eigenvalue weighted by molar-refractivity contribution is -0.114. The van der Waals surface area contributed by atoms with Gasteiger partial charge in [-0.05, 0) is 37.9 Å². The molecule has 3 nitrogen and oxygen atoms in total. The molecule has 1 heterocycles. The van der Waals surface area contributed by atoms with E-state index in [2.05, 4.69) is 42.2 Å². The Morgan fingerprint density at radius 2 is 2.25 bits per heavy atom. The maximum atomic E-state index is 10.7. The number of pyridine rings is 1. The van der Waals surface area contributed by atoms with Crippen LogP contribution in [-0.4, -0.2) is 10.9 Å². The highest BCUT2D eigenvalue weighted by Crippen LogP contribution is 2.23. The van der Waals surface area contributed by atoms with Crippen LogP contribution in [-0.2, 0) is 4.79 Å². The van der Waals surface area contributed by atoms with Gasteiger partial charge in [0, 0.05) is 17.6 Å². The number of hydrogen-bond donors (Lipinski definition) is 1. The molecule has 1 amide bonds. The van der Waals surface area contributed by atoms with Crippen molar-refractivity contribution in [2.75, 3.05) is 5.32 Å². The van der Waals surface area contributed by atoms with Crippen LogP contribution in [0.2, 0.25) is 0 Å². The van der Waals surface area contributed by atoms with Crippen LogP contribution in [0.1, 0.15) is 6.92 Å². The minimum Gasteiger partial charge on any atom is -0.310 e. The van der Waals surface area contributed by atoms with Crippen LogP contribution >= 0.6 is 31.9 Å². The Kier molecular flexibility index (Phi) is 3.22. The van der Waals surface area contributed by atoms with Crippen LogP contribution in [0.4, 0.5) is 5.82 Å². The zero-order valence-electron chi connectivity index (χ0n) is 6.27. The van der Waals surface area contributed by atoms with Gasteiger partial charge in [-0.15, -0.1) is 0 Å². The van der Waals surface area contributed by atoms with Crippen molar-refractivity contribution in [3.63, 3.8) is 0 Å². The molecule has 1 aromatic rings. The summed E-state index contributed by atoms with van der Waals surface area (Å²) in [5, 5.41) is 2.58. The maximum Gasteiger partial charge on any atom is 0.222 e. The van der Waals surface area contributed by atoms with E-state index in [1.165, 1.54) is 6.92 Å². The third kappa shape index (κ3) is 2.57. The topological polar surface area (TPSA) is 42.0 Å². The molecule has 0 fully saturated rings. The van der Waals surface area contributed by atoms with Crippen molar-refractivity contribution in [1.29, 1.82) is 0 Å². The lowest BCUT2D eigenvalue weighted by Gasteiger charge is -2.02. The molecule has 1 aromatic heterocycles. The third-order valence-electron chi connectivity index (χ3n) is 1.10. The molecule has 0 aliphatic rings. The van der Waals surface area contributed by atoms with E-state index in [0.29, 0.717) is 5.82 Å². The van der Waals surface area contributed by atoms with E-state index in [4.69, 9.17) is 0 Å². The summed E-state index contributed by atoms with van der Waals surface area (Å²) in [6.45, 7) is 1.44. The predicted octanol–water partition coefficient (Wildman–Crippen LogP) is 2.57. The van der Waals surface area contributed by atoms with Crippen LogP contribution in [0.15, 0.2) is 21.2 Å². The van der Waals surface area contributed by atoms with Crippen LogP contribution in [0.3, 0.4) is 0 Å². The summed E-state index contributed by atoms with van der Waals surface area (Å²) in [6.07, 6.45) is 1.62. The molecule has 0 aliphatic carbocycles. The lowest BCUT2D eigenvalue weighted by atomic mass is 10.4. The van der Waals surface area contributed by atoms with Crippen molar-refractivity contribution < 1.29 is 4.79 Å². The average Bonchev–Trinajstić information content (AvgIpc) is 1.94. The van der Waals surface area contributed by atoms with Gasteiger partial charge in [-0.2, -0.15) is 0 Å². The van der Waals surface area contributed by atoms with E-state index >= 15 is 0 Å². The van der Waals surface area contributed by atoms with Gasteiger partial charge in [0.1, 0.15) is 5.82 Å². The van der Waals surface area contributed by atoms with E-state index in [9.17, 15) is 4.79 Å². The molecule has 0 saturated heterocycles. The molecule has 0 aromatic carbocycles. The number of rotatable bonds is 1. The zero-order valence-corrected chi connectivity index (χ0v) is 9.44. The fraction of sp³-hybridized carbons (Fsp3) is 0.143. The summed E-state index contributed by atoms with van der Waals surface area (Å²) in [6, 6.07) is 1.82. The van der Waals surface area contributed by atoms with E-state index in [1.807, 2.05) is 6.07 Å². The van der Waals surface area contributed by atoms with Gasteiger partial charge in [0.05, 0.1) is 4.47 Å². The van der Waals surface area contributed by atoms with Gasteiger partial charge in [-0.1, -0.05) is 0 Å². The Balaban J connectivity index is 2.93. The smallest absolute Gasteiger partial charge is 0.222 e. The normalized spacial score (nSPS) is 9.58. The Labute approximate surface area is 86.8 Å². The standard InChI is InChI=1S/C7H6Br2N2O/c1-4(12)11-7-6(9)2-5(8)3-10-7/h2-3H,1H3,(H,10,11,12). The Morgan fingerprint density at radius 1 is 1.58 bits per heavy atom. The quantitative estimate of drug-likeness (QED) is 0.865. The first kappa shape index (κ1) is 9.67. The number of aromatic nitrogens is 1. The Hall–Kier alpha value is -0.420. The molecular formula is C7H6Br2N2O. The second-order valence-corrected chi connectivity index (χ2v) is 3.94. The SMILES string of the molecule is CC(=O)Nc1ncc(Br)cc1Br. The van der Waals surface area contributed by atoms with E-state index in [1.54, 1.807) is 6.20 Å². The Bertz CT molecular complexity index is 314. The van der Waals surface area contributed by atoms with Crippen molar-refractivity contribution in [3.8, 4) is 0 Å². The summed E-state index contributed by atoms with van der Waals surface area (Å²) in [4.78, 5) is 14.7. The number of halogens is 2. The molecule has 12 heavy (non-hydrogen) atoms. The van der Waals surface area contributed by atoms with Crippen molar-refractivity contribution in [1.82, 2.24) is 4.98 Å². The van der Waals surface area contributed by atoms with Crippen molar-refractivity contribution in [2.24, 2.45) is 0 Å². The second kappa shape index (κ2) is 4.00. The highest BCUT2D eigenvalue weighted by Gasteiger charge is 2.02. The molecule has 0 aliphatic heterocycles. The second-order valence-electron chi connectivity index (χ2n) is 2.17. The third-order valence-corrected chi connectivity index (χ3v) is 2.14. The summed E-state index contributed by atoms with van der Waals surface area (Å²) in [5.41, 5.74) is 0. The Morgan fingerprint density at radius 3 is 2.75 bits per heavy atom. The summed E-state index contributed by atoms with van der Waals surface area (Å²) >= 11 is 6.53.